The van der Waals surface area contributed by atoms with Crippen LogP contribution < -0.4 is 15.5 Å². The molecule has 1 saturated heterocycles. The molecule has 1 aliphatic carbocycles. The lowest BCUT2D eigenvalue weighted by atomic mass is 10.1. The molecule has 0 radical (unpaired) electrons. The van der Waals surface area contributed by atoms with E-state index in [2.05, 4.69) is 15.5 Å². The Balaban J connectivity index is 1.55. The normalized spacial score (nSPS) is 17.5. The molecule has 0 aromatic heterocycles. The Bertz CT molecular complexity index is 877. The number of hydrogen-bond donors (Lipinski definition) is 2. The van der Waals surface area contributed by atoms with Gasteiger partial charge in [0, 0.05) is 30.5 Å². The zero-order valence-corrected chi connectivity index (χ0v) is 17.1. The molecule has 2 fully saturated rings. The van der Waals surface area contributed by atoms with E-state index in [1.165, 1.54) is 6.42 Å². The standard InChI is InChI=1S/C23H26ClN3O2/c24-21(16-7-3-1-4-8-16)23(29)26-18-11-12-20(27-13-5-2-6-14-27)19(15-18)22(28)25-17-9-10-17/h1,3-4,7-8,11-12,15,17,21H,2,5-6,9-10,13-14H2,(H,25,28)(H,26,29)/t21-/m1/s1. The maximum Gasteiger partial charge on any atom is 0.253 e. The van der Waals surface area contributed by atoms with Crippen LogP contribution in [0.3, 0.4) is 0 Å². The van der Waals surface area contributed by atoms with Crippen LogP contribution in [-0.4, -0.2) is 30.9 Å². The smallest absolute Gasteiger partial charge is 0.253 e. The monoisotopic (exact) mass is 411 g/mol. The van der Waals surface area contributed by atoms with Crippen molar-refractivity contribution in [3.8, 4) is 0 Å². The van der Waals surface area contributed by atoms with Crippen LogP contribution in [0.15, 0.2) is 48.5 Å². The van der Waals surface area contributed by atoms with Gasteiger partial charge >= 0.3 is 0 Å². The summed E-state index contributed by atoms with van der Waals surface area (Å²) in [4.78, 5) is 27.8. The van der Waals surface area contributed by atoms with Gasteiger partial charge in [0.2, 0.25) is 5.91 Å². The summed E-state index contributed by atoms with van der Waals surface area (Å²) in [6.07, 6.45) is 5.56. The van der Waals surface area contributed by atoms with Gasteiger partial charge in [-0.3, -0.25) is 9.59 Å². The number of alkyl halides is 1. The quantitative estimate of drug-likeness (QED) is 0.688. The van der Waals surface area contributed by atoms with Crippen LogP contribution in [0, 0.1) is 0 Å². The van der Waals surface area contributed by atoms with Crippen molar-refractivity contribution in [3.05, 3.63) is 59.7 Å². The predicted octanol–water partition coefficient (Wildman–Crippen LogP) is 4.49. The molecule has 0 spiro atoms. The maximum absolute atomic E-state index is 12.9. The summed E-state index contributed by atoms with van der Waals surface area (Å²) in [5, 5.41) is 5.15. The molecule has 5 nitrogen and oxygen atoms in total. The molecule has 1 aliphatic heterocycles. The zero-order valence-electron chi connectivity index (χ0n) is 16.4. The molecule has 2 aromatic rings. The maximum atomic E-state index is 12.9. The van der Waals surface area contributed by atoms with E-state index in [0.29, 0.717) is 11.3 Å². The number of hydrogen-bond acceptors (Lipinski definition) is 3. The lowest BCUT2D eigenvalue weighted by Gasteiger charge is -2.30. The first kappa shape index (κ1) is 19.8. The number of rotatable bonds is 6. The minimum Gasteiger partial charge on any atom is -0.371 e. The number of benzene rings is 2. The number of piperidine rings is 1. The van der Waals surface area contributed by atoms with E-state index in [4.69, 9.17) is 11.6 Å². The van der Waals surface area contributed by atoms with E-state index in [9.17, 15) is 9.59 Å². The number of amides is 2. The highest BCUT2D eigenvalue weighted by atomic mass is 35.5. The molecule has 2 N–H and O–H groups in total. The average molecular weight is 412 g/mol. The highest BCUT2D eigenvalue weighted by Gasteiger charge is 2.27. The fourth-order valence-electron chi connectivity index (χ4n) is 3.68. The Morgan fingerprint density at radius 2 is 1.72 bits per heavy atom. The number of carbonyl (C=O) groups is 2. The van der Waals surface area contributed by atoms with Gasteiger partial charge in [-0.1, -0.05) is 30.3 Å². The molecule has 0 bridgehead atoms. The largest absolute Gasteiger partial charge is 0.371 e. The summed E-state index contributed by atoms with van der Waals surface area (Å²) in [5.41, 5.74) is 2.87. The van der Waals surface area contributed by atoms with Crippen LogP contribution in [-0.2, 0) is 4.79 Å². The van der Waals surface area contributed by atoms with E-state index in [0.717, 1.165) is 50.0 Å². The van der Waals surface area contributed by atoms with Gasteiger partial charge in [0.15, 0.2) is 0 Å². The lowest BCUT2D eigenvalue weighted by Crippen LogP contribution is -2.33. The summed E-state index contributed by atoms with van der Waals surface area (Å²) < 4.78 is 0. The van der Waals surface area contributed by atoms with Crippen molar-refractivity contribution in [3.63, 3.8) is 0 Å². The molecular formula is C23H26ClN3O2. The highest BCUT2D eigenvalue weighted by Crippen LogP contribution is 2.30. The number of carbonyl (C=O) groups excluding carboxylic acids is 2. The van der Waals surface area contributed by atoms with Gasteiger partial charge in [0.1, 0.15) is 5.38 Å². The molecule has 2 aliphatic rings. The molecule has 2 amide bonds. The van der Waals surface area contributed by atoms with Crippen molar-refractivity contribution in [2.75, 3.05) is 23.3 Å². The second-order valence-electron chi connectivity index (χ2n) is 7.79. The van der Waals surface area contributed by atoms with Crippen molar-refractivity contribution in [2.45, 2.75) is 43.5 Å². The van der Waals surface area contributed by atoms with E-state index in [1.54, 1.807) is 6.07 Å². The second-order valence-corrected chi connectivity index (χ2v) is 8.23. The third-order valence-electron chi connectivity index (χ3n) is 5.44. The Morgan fingerprint density at radius 3 is 2.41 bits per heavy atom. The van der Waals surface area contributed by atoms with Crippen molar-refractivity contribution in [2.24, 2.45) is 0 Å². The van der Waals surface area contributed by atoms with E-state index < -0.39 is 5.38 Å². The number of nitrogens with zero attached hydrogens (tertiary/aromatic N) is 1. The number of nitrogens with one attached hydrogen (secondary N) is 2. The van der Waals surface area contributed by atoms with E-state index in [-0.39, 0.29) is 17.9 Å². The minimum absolute atomic E-state index is 0.0744. The Kier molecular flexibility index (Phi) is 6.05. The van der Waals surface area contributed by atoms with Crippen LogP contribution in [0.1, 0.15) is 53.4 Å². The molecule has 29 heavy (non-hydrogen) atoms. The molecule has 6 heteroatoms. The van der Waals surface area contributed by atoms with Gasteiger partial charge < -0.3 is 15.5 Å². The summed E-state index contributed by atoms with van der Waals surface area (Å²) in [6, 6.07) is 15.1. The Hall–Kier alpha value is -2.53. The topological polar surface area (TPSA) is 61.4 Å². The first-order chi connectivity index (χ1) is 14.1. The van der Waals surface area contributed by atoms with Gasteiger partial charge in [-0.2, -0.15) is 0 Å². The van der Waals surface area contributed by atoms with Crippen molar-refractivity contribution in [1.29, 1.82) is 0 Å². The third kappa shape index (κ3) is 4.91. The predicted molar refractivity (Wildman–Crippen MR) is 117 cm³/mol. The Morgan fingerprint density at radius 1 is 1.00 bits per heavy atom. The summed E-state index contributed by atoms with van der Waals surface area (Å²) >= 11 is 6.34. The average Bonchev–Trinajstić information content (AvgIpc) is 3.58. The number of anilines is 2. The van der Waals surface area contributed by atoms with E-state index >= 15 is 0 Å². The van der Waals surface area contributed by atoms with Crippen molar-refractivity contribution >= 4 is 34.8 Å². The third-order valence-corrected chi connectivity index (χ3v) is 5.89. The van der Waals surface area contributed by atoms with E-state index in [1.807, 2.05) is 42.5 Å². The lowest BCUT2D eigenvalue weighted by molar-refractivity contribution is -0.116. The Labute approximate surface area is 176 Å². The van der Waals surface area contributed by atoms with Crippen LogP contribution in [0.4, 0.5) is 11.4 Å². The molecule has 0 unspecified atom stereocenters. The molecule has 1 saturated carbocycles. The summed E-state index contributed by atoms with van der Waals surface area (Å²) in [7, 11) is 0. The summed E-state index contributed by atoms with van der Waals surface area (Å²) in [6.45, 7) is 1.90. The SMILES string of the molecule is O=C(NC1CC1)c1cc(NC(=O)[C@H](Cl)c2ccccc2)ccc1N1CCCCC1. The first-order valence-electron chi connectivity index (χ1n) is 10.3. The summed E-state index contributed by atoms with van der Waals surface area (Å²) in [5.74, 6) is -0.383. The van der Waals surface area contributed by atoms with Gasteiger partial charge in [-0.15, -0.1) is 11.6 Å². The van der Waals surface area contributed by atoms with Gasteiger partial charge in [-0.25, -0.2) is 0 Å². The molecule has 1 heterocycles. The van der Waals surface area contributed by atoms with Crippen molar-refractivity contribution < 1.29 is 9.59 Å². The molecule has 2 aromatic carbocycles. The van der Waals surface area contributed by atoms with Crippen LogP contribution in [0.2, 0.25) is 0 Å². The second kappa shape index (κ2) is 8.87. The molecule has 152 valence electrons. The van der Waals surface area contributed by atoms with Gasteiger partial charge in [0.25, 0.3) is 5.91 Å². The highest BCUT2D eigenvalue weighted by molar-refractivity contribution is 6.32. The van der Waals surface area contributed by atoms with Crippen LogP contribution in [0.5, 0.6) is 0 Å². The molecule has 4 rings (SSSR count). The van der Waals surface area contributed by atoms with Gasteiger partial charge in [-0.05, 0) is 55.9 Å². The van der Waals surface area contributed by atoms with Crippen LogP contribution in [0.25, 0.3) is 0 Å². The zero-order chi connectivity index (χ0) is 20.2. The fourth-order valence-corrected chi connectivity index (χ4v) is 3.88. The van der Waals surface area contributed by atoms with Crippen molar-refractivity contribution in [1.82, 2.24) is 5.32 Å². The fraction of sp³-hybridized carbons (Fsp3) is 0.391. The first-order valence-corrected chi connectivity index (χ1v) is 10.8. The minimum atomic E-state index is -0.790. The number of halogens is 1. The molecule has 1 atom stereocenters. The van der Waals surface area contributed by atoms with Crippen LogP contribution >= 0.6 is 11.6 Å². The van der Waals surface area contributed by atoms with Gasteiger partial charge in [0.05, 0.1) is 5.56 Å². The molecular weight excluding hydrogens is 386 g/mol.